The van der Waals surface area contributed by atoms with Crippen molar-refractivity contribution in [2.45, 2.75) is 53.4 Å². The molecule has 0 amide bonds. The third kappa shape index (κ3) is 0.744. The van der Waals surface area contributed by atoms with Crippen LogP contribution in [0.2, 0.25) is 0 Å². The summed E-state index contributed by atoms with van der Waals surface area (Å²) in [5.74, 6) is 2.12. The lowest BCUT2D eigenvalue weighted by Crippen LogP contribution is -2.30. The van der Waals surface area contributed by atoms with E-state index in [0.717, 1.165) is 11.8 Å². The molecule has 3 rings (SSSR count). The van der Waals surface area contributed by atoms with Gasteiger partial charge in [-0.05, 0) is 41.9 Å². The summed E-state index contributed by atoms with van der Waals surface area (Å²) < 4.78 is 0. The van der Waals surface area contributed by atoms with Crippen molar-refractivity contribution in [3.63, 3.8) is 0 Å². The number of fused-ring (bicyclic) bond motifs is 1. The predicted molar refractivity (Wildman–Crippen MR) is 53.0 cm³/mol. The van der Waals surface area contributed by atoms with Crippen molar-refractivity contribution >= 4 is 0 Å². The van der Waals surface area contributed by atoms with Crippen molar-refractivity contribution in [2.75, 3.05) is 0 Å². The molecular weight excluding hydrogens is 144 g/mol. The van der Waals surface area contributed by atoms with E-state index in [4.69, 9.17) is 0 Å². The molecule has 3 fully saturated rings. The van der Waals surface area contributed by atoms with Crippen LogP contribution in [0, 0.1) is 22.7 Å². The third-order valence-electron chi connectivity index (χ3n) is 5.30. The Balaban J connectivity index is 2.24. The van der Waals surface area contributed by atoms with Crippen molar-refractivity contribution in [3.8, 4) is 0 Å². The fraction of sp³-hybridized carbons (Fsp3) is 1.00. The van der Waals surface area contributed by atoms with E-state index in [1.165, 1.54) is 25.7 Å². The maximum atomic E-state index is 2.54. The molecular formula is C12H22. The summed E-state index contributed by atoms with van der Waals surface area (Å²) in [7, 11) is 0. The van der Waals surface area contributed by atoms with E-state index in [1.54, 1.807) is 0 Å². The molecule has 70 valence electrons. The number of hydrogen-bond acceptors (Lipinski definition) is 0. The van der Waals surface area contributed by atoms with E-state index in [9.17, 15) is 0 Å². The predicted octanol–water partition coefficient (Wildman–Crippen LogP) is 3.86. The molecule has 1 unspecified atom stereocenters. The fourth-order valence-electron chi connectivity index (χ4n) is 3.77. The van der Waals surface area contributed by atoms with E-state index in [1.807, 2.05) is 0 Å². The Morgan fingerprint density at radius 3 is 2.00 bits per heavy atom. The van der Waals surface area contributed by atoms with Crippen molar-refractivity contribution in [1.82, 2.24) is 0 Å². The summed E-state index contributed by atoms with van der Waals surface area (Å²) in [6.07, 6.45) is 5.87. The van der Waals surface area contributed by atoms with Crippen molar-refractivity contribution in [1.29, 1.82) is 0 Å². The number of rotatable bonds is 2. The van der Waals surface area contributed by atoms with Crippen LogP contribution in [0.4, 0.5) is 0 Å². The minimum absolute atomic E-state index is 0.633. The maximum absolute atomic E-state index is 2.54. The van der Waals surface area contributed by atoms with Gasteiger partial charge in [-0.2, -0.15) is 0 Å². The highest BCUT2D eigenvalue weighted by Gasteiger charge is 2.63. The number of hydrogen-bond donors (Lipinski definition) is 0. The molecule has 0 aromatic carbocycles. The van der Waals surface area contributed by atoms with Crippen molar-refractivity contribution in [2.24, 2.45) is 22.7 Å². The zero-order valence-corrected chi connectivity index (χ0v) is 8.98. The van der Waals surface area contributed by atoms with E-state index in [-0.39, 0.29) is 0 Å². The Morgan fingerprint density at radius 1 is 1.08 bits per heavy atom. The van der Waals surface area contributed by atoms with E-state index in [2.05, 4.69) is 27.7 Å². The van der Waals surface area contributed by atoms with Crippen LogP contribution < -0.4 is 0 Å². The van der Waals surface area contributed by atoms with Gasteiger partial charge < -0.3 is 0 Å². The Morgan fingerprint density at radius 2 is 1.67 bits per heavy atom. The SMILES string of the molecule is CCCC1(C)C2CC(C2)C1(C)C. The molecule has 0 heterocycles. The molecule has 0 radical (unpaired) electrons. The molecule has 3 aliphatic rings. The summed E-state index contributed by atoms with van der Waals surface area (Å²) in [6.45, 7) is 9.87. The van der Waals surface area contributed by atoms with Crippen LogP contribution in [0.15, 0.2) is 0 Å². The smallest absolute Gasteiger partial charge is 0.0244 e. The minimum atomic E-state index is 0.633. The highest BCUT2D eigenvalue weighted by atomic mass is 14.7. The summed E-state index contributed by atoms with van der Waals surface area (Å²) in [5, 5.41) is 0. The summed E-state index contributed by atoms with van der Waals surface area (Å²) in [5.41, 5.74) is 1.31. The van der Waals surface area contributed by atoms with Crippen LogP contribution >= 0.6 is 0 Å². The molecule has 0 aromatic rings. The first-order chi connectivity index (χ1) is 5.52. The zero-order chi connectivity index (χ0) is 8.98. The maximum Gasteiger partial charge on any atom is -0.0244 e. The van der Waals surface area contributed by atoms with Gasteiger partial charge in [-0.15, -0.1) is 0 Å². The van der Waals surface area contributed by atoms with Crippen LogP contribution in [-0.4, -0.2) is 0 Å². The highest BCUT2D eigenvalue weighted by molar-refractivity contribution is 5.12. The first-order valence-corrected chi connectivity index (χ1v) is 5.52. The standard InChI is InChI=1S/C12H22/c1-5-6-12(4)10-7-9(8-10)11(12,2)3/h9-10H,5-8H2,1-4H3. The van der Waals surface area contributed by atoms with Gasteiger partial charge >= 0.3 is 0 Å². The van der Waals surface area contributed by atoms with Crippen LogP contribution in [-0.2, 0) is 0 Å². The first-order valence-electron chi connectivity index (χ1n) is 5.52. The fourth-order valence-corrected chi connectivity index (χ4v) is 3.77. The second-order valence-electron chi connectivity index (χ2n) is 5.75. The van der Waals surface area contributed by atoms with Crippen molar-refractivity contribution < 1.29 is 0 Å². The molecule has 3 aliphatic carbocycles. The molecule has 0 nitrogen and oxygen atoms in total. The molecule has 0 N–H and O–H groups in total. The van der Waals surface area contributed by atoms with Crippen LogP contribution in [0.5, 0.6) is 0 Å². The Hall–Kier alpha value is 0. The van der Waals surface area contributed by atoms with E-state index in [0.29, 0.717) is 10.8 Å². The van der Waals surface area contributed by atoms with E-state index < -0.39 is 0 Å². The van der Waals surface area contributed by atoms with Gasteiger partial charge in [0.1, 0.15) is 0 Å². The summed E-state index contributed by atoms with van der Waals surface area (Å²) in [4.78, 5) is 0. The van der Waals surface area contributed by atoms with Gasteiger partial charge in [-0.1, -0.05) is 34.1 Å². The largest absolute Gasteiger partial charge is 0.0654 e. The minimum Gasteiger partial charge on any atom is -0.0654 e. The molecule has 0 spiro atoms. The van der Waals surface area contributed by atoms with Gasteiger partial charge in [0.05, 0.1) is 0 Å². The Labute approximate surface area is 76.7 Å². The molecule has 2 bridgehead atoms. The van der Waals surface area contributed by atoms with Gasteiger partial charge in [-0.3, -0.25) is 0 Å². The van der Waals surface area contributed by atoms with Gasteiger partial charge in [-0.25, -0.2) is 0 Å². The van der Waals surface area contributed by atoms with Gasteiger partial charge in [0.15, 0.2) is 0 Å². The molecule has 0 aromatic heterocycles. The Bertz CT molecular complexity index is 186. The molecule has 0 aliphatic heterocycles. The topological polar surface area (TPSA) is 0 Å². The van der Waals surface area contributed by atoms with Gasteiger partial charge in [0.25, 0.3) is 0 Å². The van der Waals surface area contributed by atoms with Gasteiger partial charge in [0.2, 0.25) is 0 Å². The molecule has 0 saturated heterocycles. The monoisotopic (exact) mass is 166 g/mol. The Kier molecular flexibility index (Phi) is 1.63. The second kappa shape index (κ2) is 2.27. The first kappa shape index (κ1) is 8.59. The average Bonchev–Trinajstić information content (AvgIpc) is 2.08. The van der Waals surface area contributed by atoms with Crippen LogP contribution in [0.25, 0.3) is 0 Å². The van der Waals surface area contributed by atoms with Crippen LogP contribution in [0.1, 0.15) is 53.4 Å². The van der Waals surface area contributed by atoms with Gasteiger partial charge in [0, 0.05) is 0 Å². The van der Waals surface area contributed by atoms with Crippen LogP contribution in [0.3, 0.4) is 0 Å². The lowest BCUT2D eigenvalue weighted by atomic mass is 9.67. The molecule has 3 saturated carbocycles. The molecule has 0 heteroatoms. The average molecular weight is 166 g/mol. The second-order valence-corrected chi connectivity index (χ2v) is 5.75. The van der Waals surface area contributed by atoms with Crippen molar-refractivity contribution in [3.05, 3.63) is 0 Å². The van der Waals surface area contributed by atoms with E-state index >= 15 is 0 Å². The molecule has 1 atom stereocenters. The quantitative estimate of drug-likeness (QED) is 0.584. The highest BCUT2D eigenvalue weighted by Crippen LogP contribution is 2.71. The lowest BCUT2D eigenvalue weighted by Gasteiger charge is -2.38. The summed E-state index contributed by atoms with van der Waals surface area (Å²) in [6, 6.07) is 0. The normalized spacial score (nSPS) is 49.0. The lowest BCUT2D eigenvalue weighted by molar-refractivity contribution is 0.110. The molecule has 12 heavy (non-hydrogen) atoms. The third-order valence-corrected chi connectivity index (χ3v) is 5.30. The summed E-state index contributed by atoms with van der Waals surface area (Å²) >= 11 is 0. The zero-order valence-electron chi connectivity index (χ0n) is 8.98.